The van der Waals surface area contributed by atoms with E-state index >= 15 is 0 Å². The number of carbonyl (C=O) groups is 3. The van der Waals surface area contributed by atoms with Crippen molar-refractivity contribution >= 4 is 17.9 Å². The first-order valence-electron chi connectivity index (χ1n) is 26.1. The van der Waals surface area contributed by atoms with Crippen LogP contribution in [0.2, 0.25) is 0 Å². The molecule has 0 saturated carbocycles. The van der Waals surface area contributed by atoms with Crippen LogP contribution in [0.5, 0.6) is 0 Å². The van der Waals surface area contributed by atoms with Gasteiger partial charge in [0.25, 0.3) is 0 Å². The van der Waals surface area contributed by atoms with Crippen molar-refractivity contribution in [3.05, 3.63) is 0 Å². The summed E-state index contributed by atoms with van der Waals surface area (Å²) < 4.78 is 16.8. The summed E-state index contributed by atoms with van der Waals surface area (Å²) in [5, 5.41) is 0. The molecule has 0 aliphatic rings. The van der Waals surface area contributed by atoms with Gasteiger partial charge in [0.1, 0.15) is 13.2 Å². The zero-order valence-electron chi connectivity index (χ0n) is 40.5. The number of rotatable bonds is 46. The van der Waals surface area contributed by atoms with Gasteiger partial charge >= 0.3 is 17.9 Å². The van der Waals surface area contributed by atoms with Gasteiger partial charge in [-0.2, -0.15) is 0 Å². The normalized spacial score (nSPS) is 12.6. The first kappa shape index (κ1) is 57.4. The van der Waals surface area contributed by atoms with E-state index in [0.29, 0.717) is 19.3 Å². The Balaban J connectivity index is 4.23. The quantitative estimate of drug-likeness (QED) is 0.0345. The van der Waals surface area contributed by atoms with Gasteiger partial charge in [-0.3, -0.25) is 14.4 Å². The molecular formula is C53H102O6. The van der Waals surface area contributed by atoms with E-state index in [1.165, 1.54) is 167 Å². The molecule has 6 heteroatoms. The Kier molecular flexibility index (Phi) is 43.3. The number of ether oxygens (including phenoxy) is 3. The predicted molar refractivity (Wildman–Crippen MR) is 252 cm³/mol. The molecule has 0 aromatic rings. The van der Waals surface area contributed by atoms with Crippen LogP contribution >= 0.6 is 0 Å². The molecule has 0 saturated heterocycles. The molecule has 0 aliphatic heterocycles. The predicted octanol–water partition coefficient (Wildman–Crippen LogP) is 16.8. The van der Waals surface area contributed by atoms with E-state index in [4.69, 9.17) is 14.2 Å². The first-order valence-corrected chi connectivity index (χ1v) is 26.1. The highest BCUT2D eigenvalue weighted by molar-refractivity contribution is 5.71. The Morgan fingerprint density at radius 1 is 0.339 bits per heavy atom. The second kappa shape index (κ2) is 44.5. The van der Waals surface area contributed by atoms with Crippen molar-refractivity contribution in [3.63, 3.8) is 0 Å². The molecule has 59 heavy (non-hydrogen) atoms. The second-order valence-corrected chi connectivity index (χ2v) is 19.4. The molecule has 0 aromatic heterocycles. The molecule has 1 unspecified atom stereocenters. The van der Waals surface area contributed by atoms with Crippen LogP contribution in [-0.4, -0.2) is 37.2 Å². The van der Waals surface area contributed by atoms with Crippen molar-refractivity contribution in [2.24, 2.45) is 17.8 Å². The molecule has 0 fully saturated rings. The van der Waals surface area contributed by atoms with Crippen LogP contribution in [0, 0.1) is 17.8 Å². The monoisotopic (exact) mass is 835 g/mol. The molecule has 0 radical (unpaired) electrons. The summed E-state index contributed by atoms with van der Waals surface area (Å²) in [6.07, 6.45) is 43.9. The summed E-state index contributed by atoms with van der Waals surface area (Å²) in [4.78, 5) is 37.9. The molecule has 0 bridgehead atoms. The molecular weight excluding hydrogens is 733 g/mol. The van der Waals surface area contributed by atoms with E-state index in [2.05, 4.69) is 41.5 Å². The van der Waals surface area contributed by atoms with Gasteiger partial charge in [-0.25, -0.2) is 0 Å². The highest BCUT2D eigenvalue weighted by Gasteiger charge is 2.19. The minimum atomic E-state index is -0.763. The molecule has 0 spiro atoms. The third kappa shape index (κ3) is 45.8. The zero-order chi connectivity index (χ0) is 43.4. The van der Waals surface area contributed by atoms with Crippen LogP contribution in [-0.2, 0) is 28.6 Å². The van der Waals surface area contributed by atoms with Crippen molar-refractivity contribution in [3.8, 4) is 0 Å². The second-order valence-electron chi connectivity index (χ2n) is 19.4. The lowest BCUT2D eigenvalue weighted by Crippen LogP contribution is -2.30. The Hall–Kier alpha value is -1.59. The summed E-state index contributed by atoms with van der Waals surface area (Å²) >= 11 is 0. The number of hydrogen-bond donors (Lipinski definition) is 0. The van der Waals surface area contributed by atoms with Crippen LogP contribution in [0.3, 0.4) is 0 Å². The molecule has 350 valence electrons. The Morgan fingerprint density at radius 3 is 0.881 bits per heavy atom. The van der Waals surface area contributed by atoms with Gasteiger partial charge in [-0.15, -0.1) is 0 Å². The summed E-state index contributed by atoms with van der Waals surface area (Å²) in [6.45, 7) is 13.7. The molecule has 0 heterocycles. The van der Waals surface area contributed by atoms with Crippen molar-refractivity contribution in [1.29, 1.82) is 0 Å². The topological polar surface area (TPSA) is 78.9 Å². The molecule has 0 aromatic carbocycles. The fraction of sp³-hybridized carbons (Fsp3) is 0.943. The van der Waals surface area contributed by atoms with Crippen LogP contribution in [0.1, 0.15) is 286 Å². The number of esters is 3. The zero-order valence-corrected chi connectivity index (χ0v) is 40.5. The number of hydrogen-bond acceptors (Lipinski definition) is 6. The third-order valence-electron chi connectivity index (χ3n) is 12.3. The first-order chi connectivity index (χ1) is 28.6. The van der Waals surface area contributed by atoms with Crippen LogP contribution < -0.4 is 0 Å². The Labute approximate surface area is 368 Å². The molecule has 2 atom stereocenters. The van der Waals surface area contributed by atoms with Crippen LogP contribution in [0.15, 0.2) is 0 Å². The average Bonchev–Trinajstić information content (AvgIpc) is 3.20. The van der Waals surface area contributed by atoms with Gasteiger partial charge in [-0.1, -0.05) is 247 Å². The van der Waals surface area contributed by atoms with E-state index in [1.54, 1.807) is 0 Å². The summed E-state index contributed by atoms with van der Waals surface area (Å²) in [5.41, 5.74) is 0. The van der Waals surface area contributed by atoms with Crippen molar-refractivity contribution in [1.82, 2.24) is 0 Å². The maximum atomic E-state index is 12.7. The summed E-state index contributed by atoms with van der Waals surface area (Å²) in [5.74, 6) is 1.62. The van der Waals surface area contributed by atoms with E-state index in [0.717, 1.165) is 75.5 Å². The SMILES string of the molecule is CCC(C)CCCCCCCCCCCCC(=O)OC[C@H](COC(=O)CCCCCCCCCCCCCCCCCC(C)C)OC(=O)CCCCCCCCC(C)C. The Bertz CT molecular complexity index is 916. The number of unbranched alkanes of at least 4 members (excludes halogenated alkanes) is 28. The summed E-state index contributed by atoms with van der Waals surface area (Å²) in [6, 6.07) is 0. The molecule has 0 rings (SSSR count). The molecule has 6 nitrogen and oxygen atoms in total. The van der Waals surface area contributed by atoms with Crippen molar-refractivity contribution < 1.29 is 28.6 Å². The maximum Gasteiger partial charge on any atom is 0.306 e. The highest BCUT2D eigenvalue weighted by Crippen LogP contribution is 2.18. The van der Waals surface area contributed by atoms with Gasteiger partial charge in [0, 0.05) is 19.3 Å². The van der Waals surface area contributed by atoms with Crippen molar-refractivity contribution in [2.45, 2.75) is 292 Å². The van der Waals surface area contributed by atoms with E-state index in [-0.39, 0.29) is 31.1 Å². The lowest BCUT2D eigenvalue weighted by atomic mass is 9.99. The van der Waals surface area contributed by atoms with Gasteiger partial charge in [0.05, 0.1) is 0 Å². The van der Waals surface area contributed by atoms with E-state index in [9.17, 15) is 14.4 Å². The minimum Gasteiger partial charge on any atom is -0.462 e. The maximum absolute atomic E-state index is 12.7. The van der Waals surface area contributed by atoms with E-state index < -0.39 is 6.10 Å². The lowest BCUT2D eigenvalue weighted by molar-refractivity contribution is -0.167. The van der Waals surface area contributed by atoms with Gasteiger partial charge < -0.3 is 14.2 Å². The molecule has 0 N–H and O–H groups in total. The van der Waals surface area contributed by atoms with E-state index in [1.807, 2.05) is 0 Å². The molecule has 0 aliphatic carbocycles. The average molecular weight is 835 g/mol. The smallest absolute Gasteiger partial charge is 0.306 e. The summed E-state index contributed by atoms with van der Waals surface area (Å²) in [7, 11) is 0. The fourth-order valence-electron chi connectivity index (χ4n) is 7.91. The highest BCUT2D eigenvalue weighted by atomic mass is 16.6. The standard InChI is InChI=1S/C53H102O6/c1-7-49(6)41-35-29-22-18-15-16-20-24-31-37-43-52(55)58-46-50(59-53(56)44-38-32-26-25-28-34-40-48(4)5)45-57-51(54)42-36-30-23-19-14-12-10-8-9-11-13-17-21-27-33-39-47(2)3/h47-50H,7-46H2,1-6H3/t49?,50-/m0/s1. The van der Waals surface area contributed by atoms with Crippen LogP contribution in [0.4, 0.5) is 0 Å². The Morgan fingerprint density at radius 2 is 0.593 bits per heavy atom. The number of carbonyl (C=O) groups excluding carboxylic acids is 3. The van der Waals surface area contributed by atoms with Crippen molar-refractivity contribution in [2.75, 3.05) is 13.2 Å². The fourth-order valence-corrected chi connectivity index (χ4v) is 7.91. The van der Waals surface area contributed by atoms with Gasteiger partial charge in [-0.05, 0) is 37.0 Å². The minimum absolute atomic E-state index is 0.0656. The van der Waals surface area contributed by atoms with Gasteiger partial charge in [0.15, 0.2) is 6.10 Å². The molecule has 0 amide bonds. The largest absolute Gasteiger partial charge is 0.462 e. The third-order valence-corrected chi connectivity index (χ3v) is 12.3. The lowest BCUT2D eigenvalue weighted by Gasteiger charge is -2.18. The van der Waals surface area contributed by atoms with Crippen LogP contribution in [0.25, 0.3) is 0 Å². The van der Waals surface area contributed by atoms with Gasteiger partial charge in [0.2, 0.25) is 0 Å².